The minimum absolute atomic E-state index is 0.182. The first-order valence-corrected chi connectivity index (χ1v) is 4.66. The number of rotatable bonds is 6. The lowest BCUT2D eigenvalue weighted by Crippen LogP contribution is -2.33. The minimum Gasteiger partial charge on any atom is -0.461 e. The van der Waals surface area contributed by atoms with Crippen molar-refractivity contribution < 1.29 is 9.53 Å². The summed E-state index contributed by atoms with van der Waals surface area (Å²) in [4.78, 5) is 12.7. The molecule has 13 heavy (non-hydrogen) atoms. The molecular weight excluding hydrogens is 190 g/mol. The van der Waals surface area contributed by atoms with E-state index in [1.807, 2.05) is 19.0 Å². The summed E-state index contributed by atoms with van der Waals surface area (Å²) in [6.45, 7) is 3.68. The van der Waals surface area contributed by atoms with Gasteiger partial charge in [-0.3, -0.25) is 0 Å². The molecule has 0 fully saturated rings. The van der Waals surface area contributed by atoms with E-state index in [1.54, 1.807) is 0 Å². The molecule has 0 saturated heterocycles. The summed E-state index contributed by atoms with van der Waals surface area (Å²) in [6, 6.07) is 0.182. The maximum atomic E-state index is 10.8. The van der Waals surface area contributed by atoms with E-state index >= 15 is 0 Å². The zero-order valence-corrected chi connectivity index (χ0v) is 8.88. The molecule has 0 bridgehead atoms. The van der Waals surface area contributed by atoms with Crippen LogP contribution in [0.2, 0.25) is 0 Å². The number of likely N-dealkylation sites (N-methyl/N-ethyl adjacent to an activating group) is 1. The number of esters is 1. The number of halogens is 1. The summed E-state index contributed by atoms with van der Waals surface area (Å²) in [5.41, 5.74) is 0. The molecule has 3 nitrogen and oxygen atoms in total. The molecule has 76 valence electrons. The zero-order chi connectivity index (χ0) is 10.3. The van der Waals surface area contributed by atoms with Gasteiger partial charge in [0.1, 0.15) is 6.61 Å². The standard InChI is InChI=1S/C9H16ClNO2/c1-4-9(12)13-7-8(5-6-10)11(2)3/h4,8H,1,5-7H2,2-3H3. The molecule has 0 amide bonds. The van der Waals surface area contributed by atoms with Crippen molar-refractivity contribution in [1.29, 1.82) is 0 Å². The molecule has 1 unspecified atom stereocenters. The van der Waals surface area contributed by atoms with Gasteiger partial charge >= 0.3 is 5.97 Å². The van der Waals surface area contributed by atoms with E-state index in [9.17, 15) is 4.79 Å². The predicted molar refractivity (Wildman–Crippen MR) is 54.0 cm³/mol. The molecule has 0 saturated carbocycles. The number of carbonyl (C=O) groups excluding carboxylic acids is 1. The Morgan fingerprint density at radius 2 is 2.31 bits per heavy atom. The number of carbonyl (C=O) groups is 1. The molecule has 1 atom stereocenters. The van der Waals surface area contributed by atoms with Crippen LogP contribution in [0, 0.1) is 0 Å². The third-order valence-electron chi connectivity index (χ3n) is 1.76. The van der Waals surface area contributed by atoms with Crippen LogP contribution in [0.3, 0.4) is 0 Å². The number of hydrogen-bond donors (Lipinski definition) is 0. The van der Waals surface area contributed by atoms with Crippen molar-refractivity contribution >= 4 is 17.6 Å². The topological polar surface area (TPSA) is 29.5 Å². The van der Waals surface area contributed by atoms with Crippen molar-refractivity contribution in [2.24, 2.45) is 0 Å². The van der Waals surface area contributed by atoms with Crippen LogP contribution in [0.1, 0.15) is 6.42 Å². The lowest BCUT2D eigenvalue weighted by atomic mass is 10.2. The van der Waals surface area contributed by atoms with Crippen LogP contribution in [0.15, 0.2) is 12.7 Å². The summed E-state index contributed by atoms with van der Waals surface area (Å²) in [5.74, 6) is 0.176. The zero-order valence-electron chi connectivity index (χ0n) is 8.12. The Labute approximate surface area is 84.3 Å². The average Bonchev–Trinajstić information content (AvgIpc) is 2.11. The largest absolute Gasteiger partial charge is 0.461 e. The normalized spacial score (nSPS) is 12.6. The Morgan fingerprint density at radius 3 is 2.69 bits per heavy atom. The average molecular weight is 206 g/mol. The molecule has 0 aromatic heterocycles. The van der Waals surface area contributed by atoms with Gasteiger partial charge in [0, 0.05) is 18.0 Å². The Bertz CT molecular complexity index is 171. The van der Waals surface area contributed by atoms with Gasteiger partial charge in [-0.15, -0.1) is 11.6 Å². The van der Waals surface area contributed by atoms with Crippen LogP contribution in [0.25, 0.3) is 0 Å². The van der Waals surface area contributed by atoms with Crippen molar-refractivity contribution in [3.05, 3.63) is 12.7 Å². The van der Waals surface area contributed by atoms with Crippen molar-refractivity contribution in [3.63, 3.8) is 0 Å². The van der Waals surface area contributed by atoms with Crippen LogP contribution < -0.4 is 0 Å². The van der Waals surface area contributed by atoms with Gasteiger partial charge in [-0.25, -0.2) is 4.79 Å². The van der Waals surface area contributed by atoms with Crippen LogP contribution in [-0.2, 0) is 9.53 Å². The Balaban J connectivity index is 3.81. The van der Waals surface area contributed by atoms with Crippen molar-refractivity contribution in [3.8, 4) is 0 Å². The SMILES string of the molecule is C=CC(=O)OCC(CCCl)N(C)C. The van der Waals surface area contributed by atoms with Gasteiger partial charge in [-0.1, -0.05) is 6.58 Å². The number of alkyl halides is 1. The highest BCUT2D eigenvalue weighted by Crippen LogP contribution is 2.02. The van der Waals surface area contributed by atoms with Crippen molar-refractivity contribution in [2.45, 2.75) is 12.5 Å². The van der Waals surface area contributed by atoms with E-state index in [2.05, 4.69) is 6.58 Å². The fourth-order valence-corrected chi connectivity index (χ4v) is 1.11. The van der Waals surface area contributed by atoms with Crippen LogP contribution in [-0.4, -0.2) is 43.5 Å². The van der Waals surface area contributed by atoms with Gasteiger partial charge in [0.2, 0.25) is 0 Å². The highest BCUT2D eigenvalue weighted by Gasteiger charge is 2.12. The second-order valence-electron chi connectivity index (χ2n) is 2.93. The Morgan fingerprint density at radius 1 is 1.69 bits per heavy atom. The molecule has 0 N–H and O–H groups in total. The lowest BCUT2D eigenvalue weighted by molar-refractivity contribution is -0.139. The first-order valence-electron chi connectivity index (χ1n) is 4.13. The Hall–Kier alpha value is -0.540. The van der Waals surface area contributed by atoms with Gasteiger partial charge in [0.05, 0.1) is 0 Å². The minimum atomic E-state index is -0.388. The van der Waals surface area contributed by atoms with Gasteiger partial charge < -0.3 is 9.64 Å². The first-order chi connectivity index (χ1) is 6.11. The number of hydrogen-bond acceptors (Lipinski definition) is 3. The van der Waals surface area contributed by atoms with E-state index in [-0.39, 0.29) is 12.0 Å². The summed E-state index contributed by atoms with van der Waals surface area (Å²) < 4.78 is 4.91. The maximum absolute atomic E-state index is 10.8. The molecule has 0 spiro atoms. The predicted octanol–water partition coefficient (Wildman–Crippen LogP) is 1.27. The highest BCUT2D eigenvalue weighted by atomic mass is 35.5. The van der Waals surface area contributed by atoms with E-state index in [4.69, 9.17) is 16.3 Å². The van der Waals surface area contributed by atoms with Gasteiger partial charge in [0.25, 0.3) is 0 Å². The second kappa shape index (κ2) is 6.92. The summed E-state index contributed by atoms with van der Waals surface area (Å²) in [6.07, 6.45) is 1.96. The molecule has 0 aliphatic heterocycles. The summed E-state index contributed by atoms with van der Waals surface area (Å²) in [7, 11) is 3.86. The van der Waals surface area contributed by atoms with E-state index < -0.39 is 0 Å². The number of nitrogens with zero attached hydrogens (tertiary/aromatic N) is 1. The smallest absolute Gasteiger partial charge is 0.330 e. The molecular formula is C9H16ClNO2. The number of ether oxygens (including phenoxy) is 1. The quantitative estimate of drug-likeness (QED) is 0.372. The van der Waals surface area contributed by atoms with Gasteiger partial charge in [0.15, 0.2) is 0 Å². The van der Waals surface area contributed by atoms with E-state index in [1.165, 1.54) is 0 Å². The lowest BCUT2D eigenvalue weighted by Gasteiger charge is -2.22. The van der Waals surface area contributed by atoms with Gasteiger partial charge in [-0.2, -0.15) is 0 Å². The van der Waals surface area contributed by atoms with E-state index in [0.717, 1.165) is 12.5 Å². The monoisotopic (exact) mass is 205 g/mol. The van der Waals surface area contributed by atoms with Gasteiger partial charge in [-0.05, 0) is 20.5 Å². The van der Waals surface area contributed by atoms with Crippen LogP contribution in [0.5, 0.6) is 0 Å². The van der Waals surface area contributed by atoms with Crippen LogP contribution >= 0.6 is 11.6 Å². The second-order valence-corrected chi connectivity index (χ2v) is 3.31. The third kappa shape index (κ3) is 5.66. The molecule has 0 aliphatic carbocycles. The fourth-order valence-electron chi connectivity index (χ4n) is 0.854. The summed E-state index contributed by atoms with van der Waals surface area (Å²) >= 11 is 5.60. The van der Waals surface area contributed by atoms with Crippen molar-refractivity contribution in [1.82, 2.24) is 4.90 Å². The van der Waals surface area contributed by atoms with E-state index in [0.29, 0.717) is 12.5 Å². The first kappa shape index (κ1) is 12.5. The Kier molecular flexibility index (Phi) is 6.63. The maximum Gasteiger partial charge on any atom is 0.330 e. The fraction of sp³-hybridized carbons (Fsp3) is 0.667. The van der Waals surface area contributed by atoms with Crippen molar-refractivity contribution in [2.75, 3.05) is 26.6 Å². The van der Waals surface area contributed by atoms with Crippen LogP contribution in [0.4, 0.5) is 0 Å². The highest BCUT2D eigenvalue weighted by molar-refractivity contribution is 6.17. The third-order valence-corrected chi connectivity index (χ3v) is 1.98. The molecule has 0 aromatic carbocycles. The molecule has 4 heteroatoms. The molecule has 0 aliphatic rings. The summed E-state index contributed by atoms with van der Waals surface area (Å²) in [5, 5.41) is 0. The molecule has 0 heterocycles. The molecule has 0 rings (SSSR count). The molecule has 0 aromatic rings. The molecule has 0 radical (unpaired) electrons.